The standard InChI is InChI=1S/C7H11NO/c1-5(7(3)8)4-6(2)9/h4,9H,2-3,8H2,1H3/b5-4-. The van der Waals surface area contributed by atoms with Gasteiger partial charge in [-0.15, -0.1) is 0 Å². The molecule has 0 saturated heterocycles. The second-order valence-corrected chi connectivity index (χ2v) is 1.84. The molecule has 0 rings (SSSR count). The molecule has 0 unspecified atom stereocenters. The highest BCUT2D eigenvalue weighted by Crippen LogP contribution is 2.01. The van der Waals surface area contributed by atoms with Crippen molar-refractivity contribution in [3.8, 4) is 0 Å². The largest absolute Gasteiger partial charge is 0.509 e. The first-order valence-corrected chi connectivity index (χ1v) is 2.55. The number of allylic oxidation sites excluding steroid dienone is 2. The lowest BCUT2D eigenvalue weighted by Crippen LogP contribution is -1.95. The predicted molar refractivity (Wildman–Crippen MR) is 38.9 cm³/mol. The van der Waals surface area contributed by atoms with Crippen LogP contribution in [-0.4, -0.2) is 5.11 Å². The fourth-order valence-corrected chi connectivity index (χ4v) is 0.343. The van der Waals surface area contributed by atoms with Crippen molar-refractivity contribution in [3.63, 3.8) is 0 Å². The molecule has 2 heteroatoms. The van der Waals surface area contributed by atoms with Gasteiger partial charge < -0.3 is 10.8 Å². The predicted octanol–water partition coefficient (Wildman–Crippen LogP) is 1.48. The van der Waals surface area contributed by atoms with Crippen molar-refractivity contribution in [2.75, 3.05) is 0 Å². The maximum Gasteiger partial charge on any atom is 0.108 e. The fourth-order valence-electron chi connectivity index (χ4n) is 0.343. The molecule has 2 nitrogen and oxygen atoms in total. The third kappa shape index (κ3) is 3.41. The van der Waals surface area contributed by atoms with E-state index in [1.54, 1.807) is 6.92 Å². The van der Waals surface area contributed by atoms with E-state index in [1.807, 2.05) is 0 Å². The minimum absolute atomic E-state index is 0.000833. The van der Waals surface area contributed by atoms with Gasteiger partial charge in [-0.2, -0.15) is 0 Å². The van der Waals surface area contributed by atoms with Gasteiger partial charge in [0.1, 0.15) is 5.76 Å². The molecule has 0 spiro atoms. The van der Waals surface area contributed by atoms with Crippen LogP contribution in [0.4, 0.5) is 0 Å². The third-order valence-corrected chi connectivity index (χ3v) is 0.890. The normalized spacial score (nSPS) is 11.0. The fraction of sp³-hybridized carbons (Fsp3) is 0.143. The molecule has 0 saturated carbocycles. The van der Waals surface area contributed by atoms with Gasteiger partial charge in [0.05, 0.1) is 0 Å². The van der Waals surface area contributed by atoms with Gasteiger partial charge in [-0.3, -0.25) is 0 Å². The molecule has 0 aliphatic heterocycles. The van der Waals surface area contributed by atoms with Crippen molar-refractivity contribution in [1.82, 2.24) is 0 Å². The molecule has 0 heterocycles. The molecular weight excluding hydrogens is 114 g/mol. The summed E-state index contributed by atoms with van der Waals surface area (Å²) in [6.07, 6.45) is 1.46. The Morgan fingerprint density at radius 2 is 2.00 bits per heavy atom. The number of rotatable bonds is 2. The quantitative estimate of drug-likeness (QED) is 0.433. The highest BCUT2D eigenvalue weighted by molar-refractivity contribution is 5.28. The molecule has 0 aromatic rings. The smallest absolute Gasteiger partial charge is 0.108 e. The molecule has 0 bridgehead atoms. The Kier molecular flexibility index (Phi) is 2.58. The van der Waals surface area contributed by atoms with E-state index >= 15 is 0 Å². The van der Waals surface area contributed by atoms with E-state index in [0.29, 0.717) is 5.70 Å². The molecule has 0 amide bonds. The van der Waals surface area contributed by atoms with Crippen LogP contribution in [0.25, 0.3) is 0 Å². The molecule has 0 aliphatic rings. The van der Waals surface area contributed by atoms with Gasteiger partial charge in [-0.1, -0.05) is 13.2 Å². The summed E-state index contributed by atoms with van der Waals surface area (Å²) < 4.78 is 0. The van der Waals surface area contributed by atoms with Crippen LogP contribution in [0.5, 0.6) is 0 Å². The minimum Gasteiger partial charge on any atom is -0.509 e. The second-order valence-electron chi connectivity index (χ2n) is 1.84. The lowest BCUT2D eigenvalue weighted by Gasteiger charge is -1.96. The van der Waals surface area contributed by atoms with Crippen molar-refractivity contribution in [2.45, 2.75) is 6.92 Å². The average Bonchev–Trinajstić information content (AvgIpc) is 1.63. The minimum atomic E-state index is -0.000833. The van der Waals surface area contributed by atoms with Crippen LogP contribution in [0, 0.1) is 0 Å². The Bertz CT molecular complexity index is 168. The summed E-state index contributed by atoms with van der Waals surface area (Å²) in [5.41, 5.74) is 6.46. The summed E-state index contributed by atoms with van der Waals surface area (Å²) in [6.45, 7) is 8.48. The summed E-state index contributed by atoms with van der Waals surface area (Å²) in [5.74, 6) is -0.000833. The lowest BCUT2D eigenvalue weighted by molar-refractivity contribution is 0.434. The maximum absolute atomic E-state index is 8.60. The van der Waals surface area contributed by atoms with Crippen molar-refractivity contribution in [3.05, 3.63) is 36.3 Å². The van der Waals surface area contributed by atoms with Crippen molar-refractivity contribution < 1.29 is 5.11 Å². The van der Waals surface area contributed by atoms with Crippen molar-refractivity contribution >= 4 is 0 Å². The van der Waals surface area contributed by atoms with Crippen LogP contribution in [0.15, 0.2) is 36.3 Å². The van der Waals surface area contributed by atoms with Gasteiger partial charge in [0.2, 0.25) is 0 Å². The van der Waals surface area contributed by atoms with E-state index in [2.05, 4.69) is 13.2 Å². The van der Waals surface area contributed by atoms with Gasteiger partial charge in [0, 0.05) is 5.70 Å². The molecule has 0 aromatic carbocycles. The molecule has 3 N–H and O–H groups in total. The van der Waals surface area contributed by atoms with Crippen LogP contribution in [0.3, 0.4) is 0 Å². The van der Waals surface area contributed by atoms with Crippen LogP contribution in [-0.2, 0) is 0 Å². The highest BCUT2D eigenvalue weighted by Gasteiger charge is 1.88. The molecule has 0 radical (unpaired) electrons. The SMILES string of the molecule is C=C(O)/C=C(/C)C(=C)N. The topological polar surface area (TPSA) is 46.2 Å². The molecule has 9 heavy (non-hydrogen) atoms. The Hall–Kier alpha value is -1.18. The van der Waals surface area contributed by atoms with Crippen LogP contribution >= 0.6 is 0 Å². The molecular formula is C7H11NO. The summed E-state index contributed by atoms with van der Waals surface area (Å²) in [4.78, 5) is 0. The van der Waals surface area contributed by atoms with Crippen LogP contribution < -0.4 is 5.73 Å². The Morgan fingerprint density at radius 3 is 2.11 bits per heavy atom. The van der Waals surface area contributed by atoms with Crippen molar-refractivity contribution in [2.24, 2.45) is 5.73 Å². The van der Waals surface area contributed by atoms with Gasteiger partial charge in [-0.05, 0) is 18.6 Å². The molecule has 50 valence electrons. The first kappa shape index (κ1) is 7.82. The van der Waals surface area contributed by atoms with E-state index in [0.717, 1.165) is 5.57 Å². The van der Waals surface area contributed by atoms with E-state index in [4.69, 9.17) is 10.8 Å². The van der Waals surface area contributed by atoms with Gasteiger partial charge in [0.15, 0.2) is 0 Å². The summed E-state index contributed by atoms with van der Waals surface area (Å²) >= 11 is 0. The van der Waals surface area contributed by atoms with Crippen LogP contribution in [0.1, 0.15) is 6.92 Å². The second kappa shape index (κ2) is 2.97. The molecule has 0 aliphatic carbocycles. The molecule has 0 atom stereocenters. The third-order valence-electron chi connectivity index (χ3n) is 0.890. The summed E-state index contributed by atoms with van der Waals surface area (Å²) in [5, 5.41) is 8.60. The maximum atomic E-state index is 8.60. The Morgan fingerprint density at radius 1 is 1.56 bits per heavy atom. The number of hydrogen-bond acceptors (Lipinski definition) is 2. The monoisotopic (exact) mass is 125 g/mol. The summed E-state index contributed by atoms with van der Waals surface area (Å²) in [6, 6.07) is 0. The van der Waals surface area contributed by atoms with Gasteiger partial charge in [0.25, 0.3) is 0 Å². The molecule has 0 aromatic heterocycles. The zero-order valence-corrected chi connectivity index (χ0v) is 5.52. The molecule has 0 fully saturated rings. The van der Waals surface area contributed by atoms with Gasteiger partial charge in [-0.25, -0.2) is 0 Å². The number of aliphatic hydroxyl groups excluding tert-OH is 1. The van der Waals surface area contributed by atoms with E-state index in [1.165, 1.54) is 6.08 Å². The highest BCUT2D eigenvalue weighted by atomic mass is 16.3. The number of nitrogens with two attached hydrogens (primary N) is 1. The first-order valence-electron chi connectivity index (χ1n) is 2.55. The Labute approximate surface area is 55.0 Å². The van der Waals surface area contributed by atoms with E-state index in [9.17, 15) is 0 Å². The first-order chi connectivity index (χ1) is 4.04. The van der Waals surface area contributed by atoms with Gasteiger partial charge >= 0.3 is 0 Å². The average molecular weight is 125 g/mol. The summed E-state index contributed by atoms with van der Waals surface area (Å²) in [7, 11) is 0. The zero-order chi connectivity index (χ0) is 7.44. The van der Waals surface area contributed by atoms with Crippen LogP contribution in [0.2, 0.25) is 0 Å². The Balaban J connectivity index is 4.17. The zero-order valence-electron chi connectivity index (χ0n) is 5.52. The van der Waals surface area contributed by atoms with E-state index < -0.39 is 0 Å². The van der Waals surface area contributed by atoms with E-state index in [-0.39, 0.29) is 5.76 Å². The lowest BCUT2D eigenvalue weighted by atomic mass is 10.2. The number of hydrogen-bond donors (Lipinski definition) is 2. The van der Waals surface area contributed by atoms with Crippen molar-refractivity contribution in [1.29, 1.82) is 0 Å². The number of aliphatic hydroxyl groups is 1.